The summed E-state index contributed by atoms with van der Waals surface area (Å²) < 4.78 is 6.87. The number of carbonyl (C=O) groups excluding carboxylic acids is 1. The molecule has 1 N–H and O–H groups in total. The molecule has 2 aromatic rings. The highest BCUT2D eigenvalue weighted by Gasteiger charge is 2.28. The summed E-state index contributed by atoms with van der Waals surface area (Å²) in [5, 5.41) is 12.0. The Labute approximate surface area is 145 Å². The number of fused-ring (bicyclic) bond motifs is 1. The molecule has 130 valence electrons. The zero-order chi connectivity index (χ0) is 16.9. The summed E-state index contributed by atoms with van der Waals surface area (Å²) in [5.41, 5.74) is 0.639. The number of ether oxygens (including phenoxy) is 1. The van der Waals surface area contributed by atoms with Crippen LogP contribution in [-0.4, -0.2) is 53.9 Å². The summed E-state index contributed by atoms with van der Waals surface area (Å²) in [6.07, 6.45) is 4.56. The average molecular weight is 352 g/mol. The first kappa shape index (κ1) is 17.0. The van der Waals surface area contributed by atoms with Crippen molar-refractivity contribution in [1.82, 2.24) is 19.9 Å². The third-order valence-corrected chi connectivity index (χ3v) is 4.56. The molecule has 0 aromatic carbocycles. The molecule has 2 aromatic heterocycles. The second-order valence-electron chi connectivity index (χ2n) is 5.97. The third kappa shape index (κ3) is 3.62. The summed E-state index contributed by atoms with van der Waals surface area (Å²) in [4.78, 5) is 14.5. The number of nitrogens with zero attached hydrogens (tertiary/aromatic N) is 4. The maximum Gasteiger partial charge on any atom is 0.231 e. The zero-order valence-electron chi connectivity index (χ0n) is 13.7. The summed E-state index contributed by atoms with van der Waals surface area (Å²) in [6.45, 7) is 2.81. The van der Waals surface area contributed by atoms with E-state index < -0.39 is 0 Å². The number of halogens is 1. The molecular weight excluding hydrogens is 330 g/mol. The van der Waals surface area contributed by atoms with E-state index in [4.69, 9.17) is 16.3 Å². The number of hydrogen-bond acceptors (Lipinski definition) is 5. The highest BCUT2D eigenvalue weighted by molar-refractivity contribution is 6.33. The highest BCUT2D eigenvalue weighted by atomic mass is 35.5. The molecule has 0 saturated carbocycles. The van der Waals surface area contributed by atoms with Crippen molar-refractivity contribution < 1.29 is 9.53 Å². The maximum absolute atomic E-state index is 12.4. The molecular formula is C16H22ClN5O2. The van der Waals surface area contributed by atoms with Crippen LogP contribution in [0.3, 0.4) is 0 Å². The molecule has 1 aliphatic heterocycles. The van der Waals surface area contributed by atoms with Gasteiger partial charge in [-0.05, 0) is 31.4 Å². The van der Waals surface area contributed by atoms with Crippen LogP contribution >= 0.6 is 11.6 Å². The standard InChI is InChI=1S/C16H22ClN5O2/c1-24-10-4-7-18-15(23)12-5-2-8-21(11-12)16-20-19-14-13(17)6-3-9-22(14)16/h3,6,9,12H,2,4-5,7-8,10-11H2,1H3,(H,18,23). The van der Waals surface area contributed by atoms with Crippen molar-refractivity contribution in [3.63, 3.8) is 0 Å². The van der Waals surface area contributed by atoms with Gasteiger partial charge in [0.2, 0.25) is 11.9 Å². The van der Waals surface area contributed by atoms with E-state index in [1.807, 2.05) is 16.7 Å². The van der Waals surface area contributed by atoms with Gasteiger partial charge in [-0.25, -0.2) is 0 Å². The quantitative estimate of drug-likeness (QED) is 0.803. The fourth-order valence-corrected chi connectivity index (χ4v) is 3.23. The summed E-state index contributed by atoms with van der Waals surface area (Å²) in [7, 11) is 1.66. The first-order valence-corrected chi connectivity index (χ1v) is 8.59. The van der Waals surface area contributed by atoms with Crippen LogP contribution in [0.25, 0.3) is 5.65 Å². The molecule has 0 radical (unpaired) electrons. The Morgan fingerprint density at radius 1 is 1.50 bits per heavy atom. The monoisotopic (exact) mass is 351 g/mol. The SMILES string of the molecule is COCCCNC(=O)C1CCCN(c2nnc3c(Cl)cccn23)C1. The minimum Gasteiger partial charge on any atom is -0.385 e. The Morgan fingerprint density at radius 2 is 2.38 bits per heavy atom. The number of aromatic nitrogens is 3. The van der Waals surface area contributed by atoms with Crippen LogP contribution in [0.1, 0.15) is 19.3 Å². The van der Waals surface area contributed by atoms with Crippen molar-refractivity contribution >= 4 is 29.1 Å². The van der Waals surface area contributed by atoms with E-state index in [0.29, 0.717) is 30.4 Å². The molecule has 0 aliphatic carbocycles. The molecule has 3 rings (SSSR count). The molecule has 1 amide bonds. The Bertz CT molecular complexity index is 705. The fourth-order valence-electron chi connectivity index (χ4n) is 3.03. The number of nitrogens with one attached hydrogen (secondary N) is 1. The minimum absolute atomic E-state index is 0.0344. The predicted molar refractivity (Wildman–Crippen MR) is 92.4 cm³/mol. The van der Waals surface area contributed by atoms with Crippen molar-refractivity contribution in [1.29, 1.82) is 0 Å². The van der Waals surface area contributed by atoms with E-state index in [1.54, 1.807) is 13.2 Å². The smallest absolute Gasteiger partial charge is 0.231 e. The van der Waals surface area contributed by atoms with Crippen molar-refractivity contribution in [2.45, 2.75) is 19.3 Å². The van der Waals surface area contributed by atoms with Crippen LogP contribution in [0.5, 0.6) is 0 Å². The lowest BCUT2D eigenvalue weighted by molar-refractivity contribution is -0.125. The van der Waals surface area contributed by atoms with Gasteiger partial charge in [0, 0.05) is 39.5 Å². The molecule has 1 saturated heterocycles. The summed E-state index contributed by atoms with van der Waals surface area (Å²) in [6, 6.07) is 3.66. The zero-order valence-corrected chi connectivity index (χ0v) is 14.5. The number of piperidine rings is 1. The van der Waals surface area contributed by atoms with Crippen LogP contribution in [0.2, 0.25) is 5.02 Å². The van der Waals surface area contributed by atoms with Crippen LogP contribution in [-0.2, 0) is 9.53 Å². The number of methoxy groups -OCH3 is 1. The van der Waals surface area contributed by atoms with Gasteiger partial charge >= 0.3 is 0 Å². The van der Waals surface area contributed by atoms with E-state index in [0.717, 1.165) is 31.8 Å². The van der Waals surface area contributed by atoms with E-state index in [2.05, 4.69) is 20.4 Å². The van der Waals surface area contributed by atoms with Gasteiger partial charge in [0.1, 0.15) is 0 Å². The molecule has 3 heterocycles. The second kappa shape index (κ2) is 7.81. The topological polar surface area (TPSA) is 71.8 Å². The van der Waals surface area contributed by atoms with Crippen LogP contribution in [0, 0.1) is 5.92 Å². The number of anilines is 1. The fraction of sp³-hybridized carbons (Fsp3) is 0.562. The Kier molecular flexibility index (Phi) is 5.52. The lowest BCUT2D eigenvalue weighted by Crippen LogP contribution is -2.44. The molecule has 0 spiro atoms. The van der Waals surface area contributed by atoms with Gasteiger partial charge in [0.15, 0.2) is 5.65 Å². The van der Waals surface area contributed by atoms with Gasteiger partial charge in [-0.1, -0.05) is 11.6 Å². The van der Waals surface area contributed by atoms with Crippen molar-refractivity contribution in [3.05, 3.63) is 23.4 Å². The molecule has 1 aliphatic rings. The van der Waals surface area contributed by atoms with E-state index in [9.17, 15) is 4.79 Å². The summed E-state index contributed by atoms with van der Waals surface area (Å²) >= 11 is 6.16. The number of hydrogen-bond donors (Lipinski definition) is 1. The Morgan fingerprint density at radius 3 is 3.21 bits per heavy atom. The lowest BCUT2D eigenvalue weighted by Gasteiger charge is -2.32. The minimum atomic E-state index is -0.0344. The Hall–Kier alpha value is -1.86. The second-order valence-corrected chi connectivity index (χ2v) is 6.38. The molecule has 8 heteroatoms. The van der Waals surface area contributed by atoms with Gasteiger partial charge in [-0.3, -0.25) is 9.20 Å². The van der Waals surface area contributed by atoms with Gasteiger partial charge in [-0.2, -0.15) is 0 Å². The molecule has 24 heavy (non-hydrogen) atoms. The number of amides is 1. The first-order chi connectivity index (χ1) is 11.7. The normalized spacial score (nSPS) is 18.1. The van der Waals surface area contributed by atoms with Crippen molar-refractivity contribution in [2.24, 2.45) is 5.92 Å². The predicted octanol–water partition coefficient (Wildman–Crippen LogP) is 1.75. The molecule has 0 bridgehead atoms. The van der Waals surface area contributed by atoms with Crippen molar-refractivity contribution in [3.8, 4) is 0 Å². The van der Waals surface area contributed by atoms with E-state index in [-0.39, 0.29) is 11.8 Å². The molecule has 1 atom stereocenters. The molecule has 1 unspecified atom stereocenters. The average Bonchev–Trinajstić information content (AvgIpc) is 3.04. The van der Waals surface area contributed by atoms with Crippen LogP contribution in [0.4, 0.5) is 5.95 Å². The third-order valence-electron chi connectivity index (χ3n) is 4.27. The van der Waals surface area contributed by atoms with Gasteiger partial charge in [0.25, 0.3) is 0 Å². The molecule has 1 fully saturated rings. The van der Waals surface area contributed by atoms with Gasteiger partial charge in [0.05, 0.1) is 10.9 Å². The van der Waals surface area contributed by atoms with Crippen LogP contribution in [0.15, 0.2) is 18.3 Å². The van der Waals surface area contributed by atoms with Crippen molar-refractivity contribution in [2.75, 3.05) is 38.3 Å². The summed E-state index contributed by atoms with van der Waals surface area (Å²) in [5.74, 6) is 0.805. The maximum atomic E-state index is 12.4. The highest BCUT2D eigenvalue weighted by Crippen LogP contribution is 2.24. The number of carbonyl (C=O) groups is 1. The molecule has 7 nitrogen and oxygen atoms in total. The Balaban J connectivity index is 1.66. The first-order valence-electron chi connectivity index (χ1n) is 8.21. The largest absolute Gasteiger partial charge is 0.385 e. The van der Waals surface area contributed by atoms with Crippen LogP contribution < -0.4 is 10.2 Å². The number of rotatable bonds is 6. The van der Waals surface area contributed by atoms with E-state index in [1.165, 1.54) is 0 Å². The van der Waals surface area contributed by atoms with Gasteiger partial charge in [-0.15, -0.1) is 10.2 Å². The number of pyridine rings is 1. The van der Waals surface area contributed by atoms with E-state index >= 15 is 0 Å². The van der Waals surface area contributed by atoms with Gasteiger partial charge < -0.3 is 15.0 Å². The lowest BCUT2D eigenvalue weighted by atomic mass is 9.97.